The van der Waals surface area contributed by atoms with Crippen molar-refractivity contribution >= 4 is 34.2 Å². The van der Waals surface area contributed by atoms with Gasteiger partial charge in [-0.3, -0.25) is 9.78 Å². The van der Waals surface area contributed by atoms with Crippen LogP contribution in [0.3, 0.4) is 0 Å². The fraction of sp³-hybridized carbons (Fsp3) is 0.375. The van der Waals surface area contributed by atoms with E-state index in [1.807, 2.05) is 17.0 Å². The Bertz CT molecular complexity index is 1100. The minimum absolute atomic E-state index is 0.148. The zero-order valence-electron chi connectivity index (χ0n) is 17.2. The van der Waals surface area contributed by atoms with E-state index in [0.29, 0.717) is 18.1 Å². The molecule has 0 spiro atoms. The predicted octanol–water partition coefficient (Wildman–Crippen LogP) is 4.43. The molecule has 1 aliphatic carbocycles. The number of pyridine rings is 2. The van der Waals surface area contributed by atoms with Gasteiger partial charge in [0.15, 0.2) is 0 Å². The number of hydrogen-bond acceptors (Lipinski definition) is 4. The van der Waals surface area contributed by atoms with Gasteiger partial charge in [-0.05, 0) is 62.4 Å². The van der Waals surface area contributed by atoms with E-state index in [9.17, 15) is 4.79 Å². The zero-order valence-corrected chi connectivity index (χ0v) is 18.0. The minimum atomic E-state index is 0.148. The minimum Gasteiger partial charge on any atom is -0.353 e. The molecule has 1 saturated heterocycles. The van der Waals surface area contributed by atoms with Crippen LogP contribution >= 0.6 is 11.6 Å². The highest BCUT2D eigenvalue weighted by Crippen LogP contribution is 2.31. The maximum atomic E-state index is 13.7. The average molecular weight is 421 g/mol. The van der Waals surface area contributed by atoms with E-state index in [4.69, 9.17) is 16.6 Å². The van der Waals surface area contributed by atoms with Gasteiger partial charge in [0.1, 0.15) is 5.82 Å². The van der Waals surface area contributed by atoms with Crippen LogP contribution in [-0.2, 0) is 12.8 Å². The van der Waals surface area contributed by atoms with Crippen LogP contribution in [0.25, 0.3) is 10.9 Å². The quantitative estimate of drug-likeness (QED) is 0.615. The van der Waals surface area contributed by atoms with Crippen molar-refractivity contribution in [2.24, 2.45) is 0 Å². The highest BCUT2D eigenvalue weighted by atomic mass is 35.5. The standard InChI is InChI=1S/C24H25ClN4O/c1-16-6-8-21-19(14-16)23(18-4-2-3-5-20(18)27-21)24(30)29-12-10-28(11-13-29)22-9-7-17(25)15-26-22/h6-9,14-15H,2-5,10-13H2,1H3. The summed E-state index contributed by atoms with van der Waals surface area (Å²) < 4.78 is 0. The first-order valence-corrected chi connectivity index (χ1v) is 11.1. The molecular formula is C24H25ClN4O. The smallest absolute Gasteiger partial charge is 0.255 e. The van der Waals surface area contributed by atoms with Gasteiger partial charge in [0.05, 0.1) is 16.1 Å². The molecule has 0 unspecified atom stereocenters. The van der Waals surface area contributed by atoms with Crippen LogP contribution in [0.15, 0.2) is 36.5 Å². The normalized spacial score (nSPS) is 16.6. The zero-order chi connectivity index (χ0) is 20.7. The number of halogens is 1. The van der Waals surface area contributed by atoms with Crippen molar-refractivity contribution in [3.63, 3.8) is 0 Å². The fourth-order valence-corrected chi connectivity index (χ4v) is 4.75. The summed E-state index contributed by atoms with van der Waals surface area (Å²) in [7, 11) is 0. The molecule has 1 aromatic carbocycles. The highest BCUT2D eigenvalue weighted by molar-refractivity contribution is 6.30. The largest absolute Gasteiger partial charge is 0.353 e. The maximum absolute atomic E-state index is 13.7. The summed E-state index contributed by atoms with van der Waals surface area (Å²) in [4.78, 5) is 27.3. The van der Waals surface area contributed by atoms with Crippen LogP contribution < -0.4 is 4.90 Å². The Hall–Kier alpha value is -2.66. The summed E-state index contributed by atoms with van der Waals surface area (Å²) in [6, 6.07) is 10.1. The lowest BCUT2D eigenvalue weighted by molar-refractivity contribution is 0.0747. The van der Waals surface area contributed by atoms with Gasteiger partial charge >= 0.3 is 0 Å². The lowest BCUT2D eigenvalue weighted by atomic mass is 9.89. The number of rotatable bonds is 2. The number of aryl methyl sites for hydroxylation is 2. The Morgan fingerprint density at radius 2 is 1.83 bits per heavy atom. The Labute approximate surface area is 181 Å². The lowest BCUT2D eigenvalue weighted by Gasteiger charge is -2.36. The van der Waals surface area contributed by atoms with Crippen molar-refractivity contribution in [1.82, 2.24) is 14.9 Å². The monoisotopic (exact) mass is 420 g/mol. The third-order valence-electron chi connectivity index (χ3n) is 6.23. The summed E-state index contributed by atoms with van der Waals surface area (Å²) in [6.07, 6.45) is 5.86. The van der Waals surface area contributed by atoms with Crippen LogP contribution in [0.4, 0.5) is 5.82 Å². The molecule has 30 heavy (non-hydrogen) atoms. The van der Waals surface area contributed by atoms with Gasteiger partial charge in [-0.25, -0.2) is 4.98 Å². The lowest BCUT2D eigenvalue weighted by Crippen LogP contribution is -2.49. The third-order valence-corrected chi connectivity index (χ3v) is 6.46. The van der Waals surface area contributed by atoms with Crippen molar-refractivity contribution in [2.45, 2.75) is 32.6 Å². The molecule has 3 heterocycles. The number of anilines is 1. The summed E-state index contributed by atoms with van der Waals surface area (Å²) in [6.45, 7) is 4.99. The number of piperazine rings is 1. The number of carbonyl (C=O) groups is 1. The molecule has 5 rings (SSSR count). The molecule has 5 nitrogen and oxygen atoms in total. The van der Waals surface area contributed by atoms with Crippen molar-refractivity contribution in [2.75, 3.05) is 31.1 Å². The van der Waals surface area contributed by atoms with Crippen LogP contribution in [0.1, 0.15) is 40.0 Å². The van der Waals surface area contributed by atoms with Gasteiger partial charge in [0, 0.05) is 43.5 Å². The third kappa shape index (κ3) is 3.52. The SMILES string of the molecule is Cc1ccc2nc3c(c(C(=O)N4CCN(c5ccc(Cl)cn5)CC4)c2c1)CCCC3. The van der Waals surface area contributed by atoms with E-state index < -0.39 is 0 Å². The molecule has 0 bridgehead atoms. The van der Waals surface area contributed by atoms with Crippen LogP contribution in [-0.4, -0.2) is 47.0 Å². The fourth-order valence-electron chi connectivity index (χ4n) is 4.63. The van der Waals surface area contributed by atoms with Gasteiger partial charge < -0.3 is 9.80 Å². The number of nitrogens with zero attached hydrogens (tertiary/aromatic N) is 4. The van der Waals surface area contributed by atoms with Gasteiger partial charge in [-0.15, -0.1) is 0 Å². The summed E-state index contributed by atoms with van der Waals surface area (Å²) in [5, 5.41) is 1.64. The number of amides is 1. The Morgan fingerprint density at radius 1 is 1.03 bits per heavy atom. The second-order valence-corrected chi connectivity index (χ2v) is 8.69. The molecule has 1 fully saturated rings. The van der Waals surface area contributed by atoms with Crippen molar-refractivity contribution in [3.05, 3.63) is 63.9 Å². The summed E-state index contributed by atoms with van der Waals surface area (Å²) in [5.74, 6) is 1.06. The summed E-state index contributed by atoms with van der Waals surface area (Å²) in [5.41, 5.74) is 5.27. The van der Waals surface area contributed by atoms with Gasteiger partial charge in [0.2, 0.25) is 0 Å². The molecular weight excluding hydrogens is 396 g/mol. The van der Waals surface area contributed by atoms with Crippen molar-refractivity contribution < 1.29 is 4.79 Å². The van der Waals surface area contributed by atoms with E-state index in [0.717, 1.165) is 72.3 Å². The van der Waals surface area contributed by atoms with E-state index in [-0.39, 0.29) is 5.91 Å². The molecule has 1 aliphatic heterocycles. The molecule has 6 heteroatoms. The first-order chi connectivity index (χ1) is 14.6. The number of aromatic nitrogens is 2. The van der Waals surface area contributed by atoms with Crippen molar-refractivity contribution in [1.29, 1.82) is 0 Å². The van der Waals surface area contributed by atoms with E-state index in [2.05, 4.69) is 35.0 Å². The predicted molar refractivity (Wildman–Crippen MR) is 120 cm³/mol. The Morgan fingerprint density at radius 3 is 2.60 bits per heavy atom. The van der Waals surface area contributed by atoms with E-state index in [1.54, 1.807) is 6.20 Å². The van der Waals surface area contributed by atoms with Crippen LogP contribution in [0, 0.1) is 6.92 Å². The number of fused-ring (bicyclic) bond motifs is 2. The number of carbonyl (C=O) groups excluding carboxylic acids is 1. The molecule has 0 saturated carbocycles. The van der Waals surface area contributed by atoms with Gasteiger partial charge in [-0.2, -0.15) is 0 Å². The van der Waals surface area contributed by atoms with E-state index >= 15 is 0 Å². The summed E-state index contributed by atoms with van der Waals surface area (Å²) >= 11 is 5.96. The first kappa shape index (κ1) is 19.3. The first-order valence-electron chi connectivity index (χ1n) is 10.7. The molecule has 1 amide bonds. The number of hydrogen-bond donors (Lipinski definition) is 0. The van der Waals surface area contributed by atoms with Crippen molar-refractivity contribution in [3.8, 4) is 0 Å². The highest BCUT2D eigenvalue weighted by Gasteiger charge is 2.28. The van der Waals surface area contributed by atoms with Crippen LogP contribution in [0.5, 0.6) is 0 Å². The molecule has 3 aromatic rings. The molecule has 0 N–H and O–H groups in total. The Balaban J connectivity index is 1.45. The van der Waals surface area contributed by atoms with Crippen LogP contribution in [0.2, 0.25) is 5.02 Å². The Kier molecular flexibility index (Phi) is 5.07. The van der Waals surface area contributed by atoms with Gasteiger partial charge in [0.25, 0.3) is 5.91 Å². The number of benzene rings is 1. The molecule has 2 aliphatic rings. The molecule has 0 radical (unpaired) electrons. The van der Waals surface area contributed by atoms with Gasteiger partial charge in [-0.1, -0.05) is 23.2 Å². The second-order valence-electron chi connectivity index (χ2n) is 8.25. The maximum Gasteiger partial charge on any atom is 0.255 e. The molecule has 154 valence electrons. The molecule has 0 atom stereocenters. The second kappa shape index (κ2) is 7.88. The average Bonchev–Trinajstić information content (AvgIpc) is 2.78. The molecule has 2 aromatic heterocycles. The van der Waals surface area contributed by atoms with E-state index in [1.165, 1.54) is 5.56 Å². The topological polar surface area (TPSA) is 49.3 Å².